The van der Waals surface area contributed by atoms with Crippen molar-refractivity contribution in [1.82, 2.24) is 14.7 Å². The van der Waals surface area contributed by atoms with Crippen LogP contribution in [0.25, 0.3) is 5.69 Å². The van der Waals surface area contributed by atoms with Gasteiger partial charge in [-0.1, -0.05) is 24.3 Å². The van der Waals surface area contributed by atoms with Crippen molar-refractivity contribution in [2.75, 3.05) is 25.0 Å². The van der Waals surface area contributed by atoms with Crippen molar-refractivity contribution in [3.8, 4) is 5.69 Å². The summed E-state index contributed by atoms with van der Waals surface area (Å²) in [7, 11) is 0. The lowest BCUT2D eigenvalue weighted by molar-refractivity contribution is -0.117. The maximum Gasteiger partial charge on any atom is 0.238 e. The van der Waals surface area contributed by atoms with Crippen LogP contribution in [-0.2, 0) is 16.1 Å². The van der Waals surface area contributed by atoms with E-state index in [9.17, 15) is 4.79 Å². The fourth-order valence-electron chi connectivity index (χ4n) is 3.91. The van der Waals surface area contributed by atoms with Gasteiger partial charge in [-0.25, -0.2) is 4.68 Å². The monoisotopic (exact) mass is 424 g/mol. The molecule has 3 heterocycles. The number of nitrogens with one attached hydrogen (secondary N) is 1. The van der Waals surface area contributed by atoms with Crippen molar-refractivity contribution in [3.63, 3.8) is 0 Å². The Hall–Kier alpha value is -2.48. The number of amides is 1. The third kappa shape index (κ3) is 4.98. The minimum absolute atomic E-state index is 0.0247. The number of rotatable bonds is 8. The van der Waals surface area contributed by atoms with E-state index in [-0.39, 0.29) is 12.0 Å². The lowest BCUT2D eigenvalue weighted by Gasteiger charge is -2.24. The normalized spacial score (nSPS) is 16.3. The SMILES string of the molecule is Cc1nn(-c2ccccc2)c(C)c1NC(=O)CN(Cc1cccs1)C[C@H]1CCCO1. The Morgan fingerprint density at radius 3 is 2.80 bits per heavy atom. The van der Waals surface area contributed by atoms with Crippen LogP contribution in [0, 0.1) is 13.8 Å². The molecule has 30 heavy (non-hydrogen) atoms. The predicted octanol–water partition coefficient (Wildman–Crippen LogP) is 4.17. The van der Waals surface area contributed by atoms with E-state index in [0.717, 1.165) is 55.3 Å². The molecule has 0 unspecified atom stereocenters. The van der Waals surface area contributed by atoms with E-state index >= 15 is 0 Å². The molecule has 1 saturated heterocycles. The first-order valence-corrected chi connectivity index (χ1v) is 11.3. The number of anilines is 1. The third-order valence-corrected chi connectivity index (χ3v) is 6.23. The number of aromatic nitrogens is 2. The molecule has 0 bridgehead atoms. The number of benzene rings is 1. The molecule has 0 spiro atoms. The molecule has 7 heteroatoms. The summed E-state index contributed by atoms with van der Waals surface area (Å²) < 4.78 is 7.69. The van der Waals surface area contributed by atoms with Crippen LogP contribution in [0.3, 0.4) is 0 Å². The lowest BCUT2D eigenvalue weighted by Crippen LogP contribution is -2.37. The molecule has 1 aromatic carbocycles. The van der Waals surface area contributed by atoms with Crippen LogP contribution in [0.2, 0.25) is 0 Å². The second-order valence-corrected chi connectivity index (χ2v) is 8.76. The zero-order valence-electron chi connectivity index (χ0n) is 17.5. The summed E-state index contributed by atoms with van der Waals surface area (Å²) in [5.41, 5.74) is 3.51. The Morgan fingerprint density at radius 1 is 1.27 bits per heavy atom. The van der Waals surface area contributed by atoms with Crippen LogP contribution in [0.1, 0.15) is 29.1 Å². The number of thiophene rings is 1. The summed E-state index contributed by atoms with van der Waals surface area (Å²) in [6.45, 7) is 6.59. The number of para-hydroxylation sites is 1. The highest BCUT2D eigenvalue weighted by molar-refractivity contribution is 7.09. The van der Waals surface area contributed by atoms with Crippen LogP contribution in [0.15, 0.2) is 47.8 Å². The molecule has 1 aliphatic heterocycles. The Kier molecular flexibility index (Phi) is 6.62. The quantitative estimate of drug-likeness (QED) is 0.590. The number of hydrogen-bond donors (Lipinski definition) is 1. The van der Waals surface area contributed by atoms with Crippen LogP contribution in [-0.4, -0.2) is 46.4 Å². The van der Waals surface area contributed by atoms with Gasteiger partial charge >= 0.3 is 0 Å². The predicted molar refractivity (Wildman–Crippen MR) is 120 cm³/mol. The molecule has 0 aliphatic carbocycles. The van der Waals surface area contributed by atoms with Gasteiger partial charge in [0.15, 0.2) is 0 Å². The largest absolute Gasteiger partial charge is 0.377 e. The second kappa shape index (κ2) is 9.55. The zero-order valence-corrected chi connectivity index (χ0v) is 18.3. The smallest absolute Gasteiger partial charge is 0.238 e. The van der Waals surface area contributed by atoms with E-state index in [1.54, 1.807) is 11.3 Å². The maximum absolute atomic E-state index is 12.9. The number of aryl methyl sites for hydroxylation is 1. The minimum atomic E-state index is -0.0247. The van der Waals surface area contributed by atoms with Crippen LogP contribution >= 0.6 is 11.3 Å². The van der Waals surface area contributed by atoms with Gasteiger partial charge in [-0.3, -0.25) is 9.69 Å². The van der Waals surface area contributed by atoms with Crippen molar-refractivity contribution in [2.24, 2.45) is 0 Å². The summed E-state index contributed by atoms with van der Waals surface area (Å²) in [6, 6.07) is 14.1. The van der Waals surface area contributed by atoms with Crippen molar-refractivity contribution < 1.29 is 9.53 Å². The van der Waals surface area contributed by atoms with E-state index in [1.807, 2.05) is 48.9 Å². The van der Waals surface area contributed by atoms with Crippen molar-refractivity contribution in [1.29, 1.82) is 0 Å². The van der Waals surface area contributed by atoms with Gasteiger partial charge in [0.1, 0.15) is 0 Å². The molecule has 1 aliphatic rings. The first-order valence-electron chi connectivity index (χ1n) is 10.4. The highest BCUT2D eigenvalue weighted by atomic mass is 32.1. The van der Waals surface area contributed by atoms with E-state index in [0.29, 0.717) is 6.54 Å². The fourth-order valence-corrected chi connectivity index (χ4v) is 4.66. The lowest BCUT2D eigenvalue weighted by atomic mass is 10.2. The molecule has 2 aromatic heterocycles. The molecule has 1 fully saturated rings. The van der Waals surface area contributed by atoms with Crippen LogP contribution in [0.5, 0.6) is 0 Å². The molecule has 0 radical (unpaired) electrons. The average Bonchev–Trinajstić information content (AvgIpc) is 3.49. The van der Waals surface area contributed by atoms with E-state index < -0.39 is 0 Å². The van der Waals surface area contributed by atoms with Gasteiger partial charge in [0, 0.05) is 24.6 Å². The first-order chi connectivity index (χ1) is 14.6. The Morgan fingerprint density at radius 2 is 2.10 bits per heavy atom. The van der Waals surface area contributed by atoms with Gasteiger partial charge in [0.05, 0.1) is 35.4 Å². The molecule has 1 N–H and O–H groups in total. The third-order valence-electron chi connectivity index (χ3n) is 5.37. The molecule has 1 atom stereocenters. The Labute approximate surface area is 181 Å². The number of carbonyl (C=O) groups is 1. The number of carbonyl (C=O) groups excluding carboxylic acids is 1. The summed E-state index contributed by atoms with van der Waals surface area (Å²) >= 11 is 1.72. The van der Waals surface area contributed by atoms with Gasteiger partial charge < -0.3 is 10.1 Å². The Bertz CT molecular complexity index is 963. The van der Waals surface area contributed by atoms with Gasteiger partial charge in [0.2, 0.25) is 5.91 Å². The van der Waals surface area contributed by atoms with E-state index in [4.69, 9.17) is 4.74 Å². The average molecular weight is 425 g/mol. The molecule has 6 nitrogen and oxygen atoms in total. The van der Waals surface area contributed by atoms with Crippen molar-refractivity contribution in [3.05, 3.63) is 64.1 Å². The van der Waals surface area contributed by atoms with Gasteiger partial charge in [0.25, 0.3) is 0 Å². The standard InChI is InChI=1S/C23H28N4O2S/c1-17-23(18(2)27(25-17)19-8-4-3-5-9-19)24-22(28)16-26(14-20-10-6-12-29-20)15-21-11-7-13-30-21/h3-5,7-9,11,13,20H,6,10,12,14-16H2,1-2H3,(H,24,28)/t20-/m1/s1. The first kappa shape index (κ1) is 20.8. The second-order valence-electron chi connectivity index (χ2n) is 7.73. The number of hydrogen-bond acceptors (Lipinski definition) is 5. The van der Waals surface area contributed by atoms with E-state index in [2.05, 4.69) is 32.8 Å². The van der Waals surface area contributed by atoms with Crippen LogP contribution < -0.4 is 5.32 Å². The summed E-state index contributed by atoms with van der Waals surface area (Å²) in [6.07, 6.45) is 2.37. The highest BCUT2D eigenvalue weighted by Gasteiger charge is 2.22. The molecule has 3 aromatic rings. The summed E-state index contributed by atoms with van der Waals surface area (Å²) in [4.78, 5) is 16.4. The zero-order chi connectivity index (χ0) is 20.9. The minimum Gasteiger partial charge on any atom is -0.377 e. The summed E-state index contributed by atoms with van der Waals surface area (Å²) in [5.74, 6) is -0.0247. The summed E-state index contributed by atoms with van der Waals surface area (Å²) in [5, 5.41) is 9.80. The van der Waals surface area contributed by atoms with Gasteiger partial charge in [-0.15, -0.1) is 11.3 Å². The molecule has 0 saturated carbocycles. The van der Waals surface area contributed by atoms with Crippen LogP contribution in [0.4, 0.5) is 5.69 Å². The molecule has 158 valence electrons. The van der Waals surface area contributed by atoms with Gasteiger partial charge in [-0.2, -0.15) is 5.10 Å². The maximum atomic E-state index is 12.9. The van der Waals surface area contributed by atoms with Crippen molar-refractivity contribution in [2.45, 2.75) is 39.3 Å². The molecule has 4 rings (SSSR count). The molecular weight excluding hydrogens is 396 g/mol. The molecule has 1 amide bonds. The van der Waals surface area contributed by atoms with E-state index in [1.165, 1.54) is 4.88 Å². The van der Waals surface area contributed by atoms with Gasteiger partial charge in [-0.05, 0) is 50.3 Å². The highest BCUT2D eigenvalue weighted by Crippen LogP contribution is 2.23. The van der Waals surface area contributed by atoms with Crippen molar-refractivity contribution >= 4 is 22.9 Å². The number of nitrogens with zero attached hydrogens (tertiary/aromatic N) is 3. The molecular formula is C23H28N4O2S. The Balaban J connectivity index is 1.45. The topological polar surface area (TPSA) is 59.4 Å². The fraction of sp³-hybridized carbons (Fsp3) is 0.391. The number of ether oxygens (including phenoxy) is 1.